The second-order valence-corrected chi connectivity index (χ2v) is 5.90. The predicted octanol–water partition coefficient (Wildman–Crippen LogP) is 1.47. The van der Waals surface area contributed by atoms with E-state index in [1.807, 2.05) is 0 Å². The summed E-state index contributed by atoms with van der Waals surface area (Å²) in [5.41, 5.74) is 0.622. The zero-order valence-electron chi connectivity index (χ0n) is 9.73. The van der Waals surface area contributed by atoms with Crippen molar-refractivity contribution >= 4 is 33.3 Å². The van der Waals surface area contributed by atoms with Crippen LogP contribution in [0.25, 0.3) is 0 Å². The van der Waals surface area contributed by atoms with Crippen LogP contribution in [-0.2, 0) is 10.2 Å². The summed E-state index contributed by atoms with van der Waals surface area (Å²) >= 11 is 5.99. The second kappa shape index (κ2) is 5.03. The van der Waals surface area contributed by atoms with Crippen molar-refractivity contribution in [3.8, 4) is 0 Å². The number of nitrogens with one attached hydrogen (secondary N) is 1. The van der Waals surface area contributed by atoms with Crippen LogP contribution in [0, 0.1) is 0 Å². The Bertz CT molecular complexity index is 540. The summed E-state index contributed by atoms with van der Waals surface area (Å²) in [6.45, 7) is 1.48. The Morgan fingerprint density at radius 3 is 2.47 bits per heavy atom. The molecule has 0 saturated heterocycles. The van der Waals surface area contributed by atoms with Crippen LogP contribution in [0.3, 0.4) is 0 Å². The lowest BCUT2D eigenvalue weighted by Gasteiger charge is -2.14. The van der Waals surface area contributed by atoms with Crippen LogP contribution in [0.15, 0.2) is 18.2 Å². The molecular formula is C10H14ClN2O3S+. The van der Waals surface area contributed by atoms with Gasteiger partial charge in [-0.3, -0.25) is 9.52 Å². The van der Waals surface area contributed by atoms with E-state index >= 15 is 0 Å². The van der Waals surface area contributed by atoms with Gasteiger partial charge in [0.15, 0.2) is 0 Å². The lowest BCUT2D eigenvalue weighted by atomic mass is 10.1. The number of halogens is 1. The number of rotatable bonds is 4. The average molecular weight is 278 g/mol. The molecule has 0 aliphatic carbocycles. The van der Waals surface area contributed by atoms with Gasteiger partial charge in [-0.25, -0.2) is 0 Å². The Hall–Kier alpha value is -1.11. The first-order valence-electron chi connectivity index (χ1n) is 4.77. The van der Waals surface area contributed by atoms with Crippen LogP contribution in [0.2, 0.25) is 5.02 Å². The van der Waals surface area contributed by atoms with Gasteiger partial charge in [0.05, 0.1) is 23.2 Å². The quantitative estimate of drug-likeness (QED) is 0.669. The largest absolute Gasteiger partial charge is 0.322 e. The predicted molar refractivity (Wildman–Crippen MR) is 69.4 cm³/mol. The maximum atomic E-state index is 11.6. The first kappa shape index (κ1) is 14.0. The van der Waals surface area contributed by atoms with Crippen LogP contribution >= 0.6 is 11.6 Å². The fraction of sp³-hybridized carbons (Fsp3) is 0.300. The van der Waals surface area contributed by atoms with Gasteiger partial charge in [0.2, 0.25) is 0 Å². The first-order chi connectivity index (χ1) is 7.75. The molecule has 0 bridgehead atoms. The highest BCUT2D eigenvalue weighted by atomic mass is 35.5. The molecule has 0 spiro atoms. The molecule has 0 saturated carbocycles. The van der Waals surface area contributed by atoms with Gasteiger partial charge in [-0.05, 0) is 12.1 Å². The molecule has 0 radical (unpaired) electrons. The number of hydrogen-bond acceptors (Lipinski definition) is 2. The van der Waals surface area contributed by atoms with Crippen molar-refractivity contribution in [3.63, 3.8) is 0 Å². The van der Waals surface area contributed by atoms with Gasteiger partial charge in [-0.2, -0.15) is 12.7 Å². The van der Waals surface area contributed by atoms with E-state index in [4.69, 9.17) is 11.6 Å². The topological polar surface area (TPSA) is 70.8 Å². The molecule has 7 heteroatoms. The van der Waals surface area contributed by atoms with E-state index in [9.17, 15) is 13.2 Å². The minimum atomic E-state index is -3.61. The van der Waals surface area contributed by atoms with Gasteiger partial charge in [-0.15, -0.1) is 0 Å². The van der Waals surface area contributed by atoms with Gasteiger partial charge in [0.25, 0.3) is 0 Å². The van der Waals surface area contributed by atoms with Crippen molar-refractivity contribution in [2.45, 2.75) is 6.92 Å². The third kappa shape index (κ3) is 3.18. The maximum Gasteiger partial charge on any atom is 0.322 e. The molecule has 0 heterocycles. The van der Waals surface area contributed by atoms with Crippen molar-refractivity contribution in [2.75, 3.05) is 18.8 Å². The fourth-order valence-corrected chi connectivity index (χ4v) is 2.12. The fourth-order valence-electron chi connectivity index (χ4n) is 1.12. The van der Waals surface area contributed by atoms with E-state index in [1.54, 1.807) is 12.1 Å². The molecule has 2 N–H and O–H groups in total. The van der Waals surface area contributed by atoms with Gasteiger partial charge < -0.3 is 0 Å². The molecule has 94 valence electrons. The smallest absolute Gasteiger partial charge is 0.278 e. The van der Waals surface area contributed by atoms with Crippen LogP contribution < -0.4 is 4.72 Å². The number of ketones is 1. The van der Waals surface area contributed by atoms with Gasteiger partial charge in [0, 0.05) is 14.1 Å². The molecular weight excluding hydrogens is 264 g/mol. The van der Waals surface area contributed by atoms with E-state index in [2.05, 4.69) is 4.72 Å². The standard InChI is InChI=1S/C10H13ClN2O3S/c1-7(14)8-5-4-6-9(10(8)11)12-17(15,16)13(2)3/h4-6,12H,1-3H3/p+1. The van der Waals surface area contributed by atoms with Crippen molar-refractivity contribution in [2.24, 2.45) is 0 Å². The Labute approximate surface area is 106 Å². The van der Waals surface area contributed by atoms with Crippen LogP contribution in [0.4, 0.5) is 5.69 Å². The van der Waals surface area contributed by atoms with E-state index in [0.29, 0.717) is 5.56 Å². The number of anilines is 1. The number of carbonyl (C=O) groups excluding carboxylic acids is 1. The molecule has 0 aliphatic rings. The maximum absolute atomic E-state index is 11.6. The van der Waals surface area contributed by atoms with Gasteiger partial charge in [0.1, 0.15) is 0 Å². The second-order valence-electron chi connectivity index (χ2n) is 3.64. The highest BCUT2D eigenvalue weighted by Gasteiger charge is 2.18. The minimum absolute atomic E-state index is 0.0286. The summed E-state index contributed by atoms with van der Waals surface area (Å²) in [6, 6.07) is 4.73. The highest BCUT2D eigenvalue weighted by molar-refractivity contribution is 7.90. The van der Waals surface area contributed by atoms with Crippen LogP contribution in [0.1, 0.15) is 12.5 Å². The average Bonchev–Trinajstić information content (AvgIpc) is 2.20. The van der Waals surface area contributed by atoms with Crippen molar-refractivity contribution in [1.82, 2.24) is 4.31 Å². The molecule has 17 heavy (non-hydrogen) atoms. The Morgan fingerprint density at radius 2 is 2.00 bits per heavy atom. The molecule has 5 nitrogen and oxygen atoms in total. The molecule has 0 aliphatic heterocycles. The normalized spacial score (nSPS) is 11.6. The third-order valence-electron chi connectivity index (χ3n) is 2.11. The zero-order chi connectivity index (χ0) is 13.2. The monoisotopic (exact) mass is 277 g/mol. The van der Waals surface area contributed by atoms with E-state index in [0.717, 1.165) is 4.31 Å². The zero-order valence-corrected chi connectivity index (χ0v) is 11.3. The summed E-state index contributed by atoms with van der Waals surface area (Å²) < 4.78 is 26.6. The summed E-state index contributed by atoms with van der Waals surface area (Å²) in [5.74, 6) is 0.0286. The minimum Gasteiger partial charge on any atom is -0.278 e. The third-order valence-corrected chi connectivity index (χ3v) is 3.95. The molecule has 0 unspecified atom stereocenters. The van der Waals surface area contributed by atoms with Crippen molar-refractivity contribution < 1.29 is 13.2 Å². The summed E-state index contributed by atoms with van der Waals surface area (Å²) in [4.78, 5) is 9.38. The molecule has 0 fully saturated rings. The van der Waals surface area contributed by atoms with Crippen molar-refractivity contribution in [1.29, 1.82) is 0 Å². The molecule has 1 aromatic carbocycles. The molecule has 1 rings (SSSR count). The van der Waals surface area contributed by atoms with Crippen LogP contribution in [0.5, 0.6) is 0 Å². The molecule has 1 aromatic rings. The Kier molecular flexibility index (Phi) is 4.13. The Morgan fingerprint density at radius 1 is 1.41 bits per heavy atom. The number of hydrogen-bond donors (Lipinski definition) is 1. The summed E-state index contributed by atoms with van der Waals surface area (Å²) in [6.07, 6.45) is 0. The number of benzene rings is 1. The Balaban J connectivity index is 3.18. The van der Waals surface area contributed by atoms with Crippen LogP contribution in [-0.4, -0.2) is 37.4 Å². The highest BCUT2D eigenvalue weighted by Crippen LogP contribution is 2.27. The van der Waals surface area contributed by atoms with E-state index < -0.39 is 10.2 Å². The van der Waals surface area contributed by atoms with E-state index in [1.165, 1.54) is 27.1 Å². The number of nitrogens with zero attached hydrogens (tertiary/aromatic N) is 1. The molecule has 0 amide bonds. The molecule has 0 aromatic heterocycles. The first-order valence-corrected chi connectivity index (χ1v) is 6.59. The summed E-state index contributed by atoms with van der Waals surface area (Å²) in [5, 5.41) is 0.165. The lowest BCUT2D eigenvalue weighted by Crippen LogP contribution is -2.29. The SMILES string of the molecule is CC(=[OH+])c1cccc(NS(=O)(=O)N(C)C)c1Cl. The van der Waals surface area contributed by atoms with E-state index in [-0.39, 0.29) is 16.5 Å². The summed E-state index contributed by atoms with van der Waals surface area (Å²) in [7, 11) is -0.796. The van der Waals surface area contributed by atoms with Gasteiger partial charge >= 0.3 is 16.0 Å². The van der Waals surface area contributed by atoms with Crippen molar-refractivity contribution in [3.05, 3.63) is 28.8 Å². The molecule has 0 atom stereocenters. The van der Waals surface area contributed by atoms with Gasteiger partial charge in [-0.1, -0.05) is 17.7 Å². The lowest BCUT2D eigenvalue weighted by molar-refractivity contribution is 0.527.